The first kappa shape index (κ1) is 7.30. The summed E-state index contributed by atoms with van der Waals surface area (Å²) in [6.45, 7) is 1.17. The highest BCUT2D eigenvalue weighted by Gasteiger charge is 2.34. The van der Waals surface area contributed by atoms with Crippen LogP contribution in [0.2, 0.25) is 0 Å². The largest absolute Gasteiger partial charge is 0.386 e. The molecule has 0 aromatic heterocycles. The summed E-state index contributed by atoms with van der Waals surface area (Å²) in [5.41, 5.74) is -0.659. The summed E-state index contributed by atoms with van der Waals surface area (Å²) < 4.78 is 3.74. The molecule has 0 saturated carbocycles. The Morgan fingerprint density at radius 2 is 2.33 bits per heavy atom. The maximum Gasteiger partial charge on any atom is 0.101 e. The SMILES string of the molecule is OOSCC1(O)CNC1. The molecule has 0 aromatic rings. The highest BCUT2D eigenvalue weighted by Crippen LogP contribution is 2.16. The van der Waals surface area contributed by atoms with Gasteiger partial charge >= 0.3 is 0 Å². The lowest BCUT2D eigenvalue weighted by Crippen LogP contribution is -2.61. The Hall–Kier alpha value is 0.190. The summed E-state index contributed by atoms with van der Waals surface area (Å²) in [7, 11) is 0. The van der Waals surface area contributed by atoms with E-state index in [1.165, 1.54) is 0 Å². The molecule has 0 atom stereocenters. The summed E-state index contributed by atoms with van der Waals surface area (Å²) in [6.07, 6.45) is 0. The van der Waals surface area contributed by atoms with E-state index in [-0.39, 0.29) is 0 Å². The maximum absolute atomic E-state index is 9.27. The first-order chi connectivity index (χ1) is 4.27. The van der Waals surface area contributed by atoms with Gasteiger partial charge in [-0.2, -0.15) is 4.33 Å². The molecule has 1 rings (SSSR count). The number of rotatable bonds is 3. The molecule has 1 aliphatic heterocycles. The van der Waals surface area contributed by atoms with E-state index >= 15 is 0 Å². The Bertz CT molecular complexity index is 95.8. The van der Waals surface area contributed by atoms with Crippen LogP contribution in [0.5, 0.6) is 0 Å². The van der Waals surface area contributed by atoms with Gasteiger partial charge in [0, 0.05) is 25.1 Å². The minimum absolute atomic E-state index is 0.413. The monoisotopic (exact) mass is 151 g/mol. The van der Waals surface area contributed by atoms with Crippen LogP contribution in [0.15, 0.2) is 0 Å². The second-order valence-electron chi connectivity index (χ2n) is 2.16. The standard InChI is InChI=1S/C4H9NO3S/c6-4(1-5-2-4)3-9-8-7/h5-7H,1-3H2. The van der Waals surface area contributed by atoms with Gasteiger partial charge in [0.1, 0.15) is 5.60 Å². The van der Waals surface area contributed by atoms with Crippen molar-refractivity contribution in [2.24, 2.45) is 0 Å². The van der Waals surface area contributed by atoms with Gasteiger partial charge in [-0.3, -0.25) is 0 Å². The van der Waals surface area contributed by atoms with Gasteiger partial charge in [-0.1, -0.05) is 0 Å². The van der Waals surface area contributed by atoms with Crippen LogP contribution in [-0.2, 0) is 4.33 Å². The van der Waals surface area contributed by atoms with Crippen molar-refractivity contribution in [1.82, 2.24) is 5.32 Å². The molecular weight excluding hydrogens is 142 g/mol. The van der Waals surface area contributed by atoms with Crippen LogP contribution in [0.1, 0.15) is 0 Å². The highest BCUT2D eigenvalue weighted by atomic mass is 32.2. The van der Waals surface area contributed by atoms with E-state index < -0.39 is 5.60 Å². The number of hydrogen-bond donors (Lipinski definition) is 3. The zero-order valence-corrected chi connectivity index (χ0v) is 5.65. The minimum Gasteiger partial charge on any atom is -0.386 e. The normalized spacial score (nSPS) is 23.3. The van der Waals surface area contributed by atoms with E-state index in [9.17, 15) is 5.11 Å². The molecule has 1 heterocycles. The van der Waals surface area contributed by atoms with Gasteiger partial charge in [0.15, 0.2) is 0 Å². The minimum atomic E-state index is -0.659. The number of β-amino-alcohol motifs (C(OH)–C–C–N with tert-alkyl or cyclic N) is 1. The van der Waals surface area contributed by atoms with E-state index in [2.05, 4.69) is 9.65 Å². The topological polar surface area (TPSA) is 61.7 Å². The third kappa shape index (κ3) is 1.80. The smallest absolute Gasteiger partial charge is 0.101 e. The van der Waals surface area contributed by atoms with Crippen molar-refractivity contribution >= 4 is 12.0 Å². The summed E-state index contributed by atoms with van der Waals surface area (Å²) >= 11 is 0.856. The average Bonchev–Trinajstić information content (AvgIpc) is 1.79. The lowest BCUT2D eigenvalue weighted by atomic mass is 10.0. The Labute approximate surface area is 57.3 Å². The molecule has 0 unspecified atom stereocenters. The molecule has 4 nitrogen and oxygen atoms in total. The molecule has 0 spiro atoms. The van der Waals surface area contributed by atoms with Crippen molar-refractivity contribution in [3.63, 3.8) is 0 Å². The molecule has 0 bridgehead atoms. The van der Waals surface area contributed by atoms with Crippen molar-refractivity contribution in [3.05, 3.63) is 0 Å². The van der Waals surface area contributed by atoms with Crippen LogP contribution < -0.4 is 5.32 Å². The first-order valence-corrected chi connectivity index (χ1v) is 3.54. The Kier molecular flexibility index (Phi) is 2.31. The van der Waals surface area contributed by atoms with Crippen LogP contribution in [0, 0.1) is 0 Å². The van der Waals surface area contributed by atoms with Gasteiger partial charge < -0.3 is 10.4 Å². The van der Waals surface area contributed by atoms with Gasteiger partial charge in [0.25, 0.3) is 0 Å². The van der Waals surface area contributed by atoms with E-state index in [0.717, 1.165) is 12.0 Å². The lowest BCUT2D eigenvalue weighted by molar-refractivity contribution is -0.118. The molecule has 54 valence electrons. The third-order valence-corrected chi connectivity index (χ3v) is 2.05. The summed E-state index contributed by atoms with van der Waals surface area (Å²) in [4.78, 5) is 0. The van der Waals surface area contributed by atoms with E-state index in [0.29, 0.717) is 18.8 Å². The molecule has 5 heteroatoms. The van der Waals surface area contributed by atoms with Gasteiger partial charge in [0.05, 0.1) is 5.75 Å². The molecule has 0 radical (unpaired) electrons. The predicted molar refractivity (Wildman–Crippen MR) is 34.0 cm³/mol. The number of hydrogen-bond acceptors (Lipinski definition) is 5. The van der Waals surface area contributed by atoms with Gasteiger partial charge in [-0.25, -0.2) is 5.26 Å². The molecule has 1 saturated heterocycles. The zero-order valence-electron chi connectivity index (χ0n) is 4.83. The lowest BCUT2D eigenvalue weighted by Gasteiger charge is -2.36. The summed E-state index contributed by atoms with van der Waals surface area (Å²) in [5, 5.41) is 20.1. The van der Waals surface area contributed by atoms with Gasteiger partial charge in [-0.15, -0.1) is 0 Å². The molecular formula is C4H9NO3S. The van der Waals surface area contributed by atoms with Crippen LogP contribution >= 0.6 is 12.0 Å². The molecule has 0 aromatic carbocycles. The summed E-state index contributed by atoms with van der Waals surface area (Å²) in [6, 6.07) is 0. The fourth-order valence-corrected chi connectivity index (χ4v) is 1.13. The fourth-order valence-electron chi connectivity index (χ4n) is 0.652. The quantitative estimate of drug-likeness (QED) is 0.287. The molecule has 9 heavy (non-hydrogen) atoms. The van der Waals surface area contributed by atoms with Crippen molar-refractivity contribution < 1.29 is 14.7 Å². The van der Waals surface area contributed by atoms with Crippen LogP contribution in [0.4, 0.5) is 0 Å². The van der Waals surface area contributed by atoms with Gasteiger partial charge in [-0.05, 0) is 0 Å². The third-order valence-electron chi connectivity index (χ3n) is 1.29. The predicted octanol–water partition coefficient (Wildman–Crippen LogP) is -0.542. The second kappa shape index (κ2) is 2.85. The summed E-state index contributed by atoms with van der Waals surface area (Å²) in [5.74, 6) is 0.413. The van der Waals surface area contributed by atoms with Gasteiger partial charge in [0.2, 0.25) is 0 Å². The molecule has 0 aliphatic carbocycles. The van der Waals surface area contributed by atoms with Crippen LogP contribution in [0.3, 0.4) is 0 Å². The van der Waals surface area contributed by atoms with E-state index in [1.807, 2.05) is 0 Å². The van der Waals surface area contributed by atoms with Crippen molar-refractivity contribution in [3.8, 4) is 0 Å². The second-order valence-corrected chi connectivity index (χ2v) is 2.84. The highest BCUT2D eigenvalue weighted by molar-refractivity contribution is 7.94. The Morgan fingerprint density at radius 3 is 2.67 bits per heavy atom. The average molecular weight is 151 g/mol. The van der Waals surface area contributed by atoms with Crippen molar-refractivity contribution in [2.75, 3.05) is 18.8 Å². The van der Waals surface area contributed by atoms with Crippen molar-refractivity contribution in [1.29, 1.82) is 0 Å². The molecule has 1 fully saturated rings. The molecule has 0 amide bonds. The molecule has 1 aliphatic rings. The Morgan fingerprint density at radius 1 is 1.67 bits per heavy atom. The zero-order chi connectivity index (χ0) is 6.74. The van der Waals surface area contributed by atoms with E-state index in [1.54, 1.807) is 0 Å². The number of nitrogens with one attached hydrogen (secondary N) is 1. The van der Waals surface area contributed by atoms with Crippen LogP contribution in [0.25, 0.3) is 0 Å². The molecule has 3 N–H and O–H groups in total. The van der Waals surface area contributed by atoms with Crippen LogP contribution in [-0.4, -0.2) is 34.8 Å². The first-order valence-electron chi connectivity index (χ1n) is 2.63. The maximum atomic E-state index is 9.27. The van der Waals surface area contributed by atoms with Crippen molar-refractivity contribution in [2.45, 2.75) is 5.60 Å². The van der Waals surface area contributed by atoms with E-state index in [4.69, 9.17) is 5.26 Å². The Balaban J connectivity index is 2.09. The fraction of sp³-hybridized carbons (Fsp3) is 1.00. The number of aliphatic hydroxyl groups is 1.